The van der Waals surface area contributed by atoms with Gasteiger partial charge in [0.1, 0.15) is 11.5 Å². The predicted octanol–water partition coefficient (Wildman–Crippen LogP) is 2.86. The van der Waals surface area contributed by atoms with Crippen molar-refractivity contribution >= 4 is 11.6 Å². The van der Waals surface area contributed by atoms with E-state index in [1.165, 1.54) is 12.8 Å². The van der Waals surface area contributed by atoms with E-state index in [0.717, 1.165) is 0 Å². The summed E-state index contributed by atoms with van der Waals surface area (Å²) >= 11 is 5.86. The molecule has 1 heterocycles. The topological polar surface area (TPSA) is 48.2 Å². The third kappa shape index (κ3) is 2.49. The van der Waals surface area contributed by atoms with Crippen molar-refractivity contribution in [3.05, 3.63) is 11.7 Å². The third-order valence-corrected chi connectivity index (χ3v) is 2.64. The first kappa shape index (κ1) is 10.9. The molecule has 0 bridgehead atoms. The minimum absolute atomic E-state index is 0.0112. The lowest BCUT2D eigenvalue weighted by atomic mass is 10.2. The Morgan fingerprint density at radius 3 is 2.80 bits per heavy atom. The van der Waals surface area contributed by atoms with Gasteiger partial charge in [0.25, 0.3) is 0 Å². The van der Waals surface area contributed by atoms with Crippen LogP contribution in [0.2, 0.25) is 0 Å². The Bertz CT molecular complexity index is 323. The molecule has 4 nitrogen and oxygen atoms in total. The smallest absolute Gasteiger partial charge is 0.244 e. The molecule has 5 heteroatoms. The first-order valence-electron chi connectivity index (χ1n) is 5.31. The van der Waals surface area contributed by atoms with Crippen molar-refractivity contribution in [2.45, 2.75) is 38.2 Å². The van der Waals surface area contributed by atoms with E-state index < -0.39 is 0 Å². The quantitative estimate of drug-likeness (QED) is 0.730. The number of aromatic nitrogens is 2. The number of rotatable bonds is 5. The van der Waals surface area contributed by atoms with Crippen LogP contribution < -0.4 is 0 Å². The SMILES string of the molecule is CCOC(c1noc(C(C)Cl)n1)C1CC1. The summed E-state index contributed by atoms with van der Waals surface area (Å²) in [6.07, 6.45) is 2.36. The average Bonchev–Trinajstić information content (AvgIpc) is 2.91. The summed E-state index contributed by atoms with van der Waals surface area (Å²) in [7, 11) is 0. The number of ether oxygens (including phenoxy) is 1. The zero-order valence-electron chi connectivity index (χ0n) is 8.94. The van der Waals surface area contributed by atoms with Gasteiger partial charge < -0.3 is 9.26 Å². The molecule has 0 aliphatic heterocycles. The second-order valence-electron chi connectivity index (χ2n) is 3.82. The molecule has 2 rings (SSSR count). The summed E-state index contributed by atoms with van der Waals surface area (Å²) in [4.78, 5) is 4.26. The summed E-state index contributed by atoms with van der Waals surface area (Å²) in [6.45, 7) is 4.45. The maximum Gasteiger partial charge on any atom is 0.244 e. The monoisotopic (exact) mass is 230 g/mol. The summed E-state index contributed by atoms with van der Waals surface area (Å²) < 4.78 is 10.7. The first-order chi connectivity index (χ1) is 7.22. The van der Waals surface area contributed by atoms with Gasteiger partial charge in [-0.3, -0.25) is 0 Å². The Labute approximate surface area is 93.9 Å². The van der Waals surface area contributed by atoms with Gasteiger partial charge in [0, 0.05) is 6.61 Å². The van der Waals surface area contributed by atoms with Gasteiger partial charge in [0.2, 0.25) is 11.7 Å². The van der Waals surface area contributed by atoms with E-state index in [-0.39, 0.29) is 11.5 Å². The fourth-order valence-corrected chi connectivity index (χ4v) is 1.61. The lowest BCUT2D eigenvalue weighted by molar-refractivity contribution is 0.0384. The molecule has 0 N–H and O–H groups in total. The molecule has 2 atom stereocenters. The van der Waals surface area contributed by atoms with E-state index in [4.69, 9.17) is 20.9 Å². The van der Waals surface area contributed by atoms with Crippen LogP contribution in [0.25, 0.3) is 0 Å². The molecule has 15 heavy (non-hydrogen) atoms. The Kier molecular flexibility index (Phi) is 3.26. The lowest BCUT2D eigenvalue weighted by Gasteiger charge is -2.10. The van der Waals surface area contributed by atoms with Crippen LogP contribution in [0.1, 0.15) is 49.9 Å². The third-order valence-electron chi connectivity index (χ3n) is 2.45. The predicted molar refractivity (Wildman–Crippen MR) is 55.7 cm³/mol. The standard InChI is InChI=1S/C10H15ClN2O2/c1-3-14-8(7-4-5-7)9-12-10(6(2)11)15-13-9/h6-8H,3-5H2,1-2H3. The molecule has 1 aliphatic rings. The fourth-order valence-electron chi connectivity index (χ4n) is 1.52. The molecule has 0 aromatic carbocycles. The van der Waals surface area contributed by atoms with Crippen molar-refractivity contribution in [2.75, 3.05) is 6.61 Å². The minimum Gasteiger partial charge on any atom is -0.370 e. The summed E-state index contributed by atoms with van der Waals surface area (Å²) in [6, 6.07) is 0. The van der Waals surface area contributed by atoms with Crippen LogP contribution in [0.15, 0.2) is 4.52 Å². The Hall–Kier alpha value is -0.610. The first-order valence-corrected chi connectivity index (χ1v) is 5.75. The number of hydrogen-bond acceptors (Lipinski definition) is 4. The Morgan fingerprint density at radius 2 is 2.33 bits per heavy atom. The van der Waals surface area contributed by atoms with Gasteiger partial charge in [-0.1, -0.05) is 5.16 Å². The van der Waals surface area contributed by atoms with Gasteiger partial charge in [-0.25, -0.2) is 0 Å². The molecule has 1 aromatic rings. The highest BCUT2D eigenvalue weighted by molar-refractivity contribution is 6.20. The molecule has 2 unspecified atom stereocenters. The maximum absolute atomic E-state index is 5.86. The number of alkyl halides is 1. The van der Waals surface area contributed by atoms with E-state index in [2.05, 4.69) is 10.1 Å². The van der Waals surface area contributed by atoms with E-state index in [1.54, 1.807) is 0 Å². The van der Waals surface area contributed by atoms with Crippen molar-refractivity contribution in [3.63, 3.8) is 0 Å². The molecule has 0 radical (unpaired) electrons. The highest BCUT2D eigenvalue weighted by Gasteiger charge is 2.36. The van der Waals surface area contributed by atoms with Crippen LogP contribution in [0, 0.1) is 5.92 Å². The van der Waals surface area contributed by atoms with Crippen LogP contribution in [-0.4, -0.2) is 16.7 Å². The average molecular weight is 231 g/mol. The molecule has 0 saturated heterocycles. The molecule has 0 spiro atoms. The molecular formula is C10H15ClN2O2. The highest BCUT2D eigenvalue weighted by atomic mass is 35.5. The molecular weight excluding hydrogens is 216 g/mol. The van der Waals surface area contributed by atoms with Crippen molar-refractivity contribution in [1.82, 2.24) is 10.1 Å². The van der Waals surface area contributed by atoms with Gasteiger partial charge in [-0.15, -0.1) is 11.6 Å². The van der Waals surface area contributed by atoms with Crippen LogP contribution in [0.4, 0.5) is 0 Å². The van der Waals surface area contributed by atoms with Crippen LogP contribution >= 0.6 is 11.6 Å². The van der Waals surface area contributed by atoms with Crippen LogP contribution in [-0.2, 0) is 4.74 Å². The van der Waals surface area contributed by atoms with Crippen LogP contribution in [0.3, 0.4) is 0 Å². The van der Waals surface area contributed by atoms with Crippen molar-refractivity contribution in [2.24, 2.45) is 5.92 Å². The molecule has 1 aromatic heterocycles. The lowest BCUT2D eigenvalue weighted by Crippen LogP contribution is -2.08. The highest BCUT2D eigenvalue weighted by Crippen LogP contribution is 2.42. The molecule has 1 aliphatic carbocycles. The van der Waals surface area contributed by atoms with Gasteiger partial charge in [0.15, 0.2) is 0 Å². The fraction of sp³-hybridized carbons (Fsp3) is 0.800. The van der Waals surface area contributed by atoms with E-state index in [9.17, 15) is 0 Å². The maximum atomic E-state index is 5.86. The van der Waals surface area contributed by atoms with Crippen molar-refractivity contribution in [1.29, 1.82) is 0 Å². The Balaban J connectivity index is 2.10. The molecule has 1 saturated carbocycles. The van der Waals surface area contributed by atoms with Crippen molar-refractivity contribution < 1.29 is 9.26 Å². The van der Waals surface area contributed by atoms with E-state index in [1.807, 2.05) is 13.8 Å². The summed E-state index contributed by atoms with van der Waals surface area (Å²) in [5.41, 5.74) is 0. The van der Waals surface area contributed by atoms with E-state index in [0.29, 0.717) is 24.2 Å². The molecule has 84 valence electrons. The van der Waals surface area contributed by atoms with Gasteiger partial charge >= 0.3 is 0 Å². The Morgan fingerprint density at radius 1 is 1.60 bits per heavy atom. The molecule has 0 amide bonds. The second kappa shape index (κ2) is 4.49. The van der Waals surface area contributed by atoms with Gasteiger partial charge in [0.05, 0.1) is 0 Å². The second-order valence-corrected chi connectivity index (χ2v) is 4.47. The van der Waals surface area contributed by atoms with Gasteiger partial charge in [-0.2, -0.15) is 4.98 Å². The number of hydrogen-bond donors (Lipinski definition) is 0. The minimum atomic E-state index is -0.243. The summed E-state index contributed by atoms with van der Waals surface area (Å²) in [5, 5.41) is 3.68. The van der Waals surface area contributed by atoms with E-state index >= 15 is 0 Å². The largest absolute Gasteiger partial charge is 0.370 e. The molecule has 1 fully saturated rings. The number of halogens is 1. The summed E-state index contributed by atoms with van der Waals surface area (Å²) in [5.74, 6) is 1.67. The van der Waals surface area contributed by atoms with Crippen LogP contribution in [0.5, 0.6) is 0 Å². The zero-order valence-corrected chi connectivity index (χ0v) is 9.70. The normalized spacial score (nSPS) is 20.2. The number of nitrogens with zero attached hydrogens (tertiary/aromatic N) is 2. The van der Waals surface area contributed by atoms with Crippen molar-refractivity contribution in [3.8, 4) is 0 Å². The van der Waals surface area contributed by atoms with Gasteiger partial charge in [-0.05, 0) is 32.6 Å². The zero-order chi connectivity index (χ0) is 10.8.